The van der Waals surface area contributed by atoms with E-state index in [1.807, 2.05) is 0 Å². The molecule has 3 atom stereocenters. The summed E-state index contributed by atoms with van der Waals surface area (Å²) in [5, 5.41) is 9.93. The second-order valence-corrected chi connectivity index (χ2v) is 5.93. The van der Waals surface area contributed by atoms with E-state index in [1.54, 1.807) is 0 Å². The maximum Gasteiger partial charge on any atom is 0.0693 e. The van der Waals surface area contributed by atoms with Gasteiger partial charge >= 0.3 is 0 Å². The third-order valence-electron chi connectivity index (χ3n) is 4.40. The molecule has 0 aromatic carbocycles. The molecule has 0 saturated carbocycles. The van der Waals surface area contributed by atoms with Crippen LogP contribution in [0, 0.1) is 11.3 Å². The van der Waals surface area contributed by atoms with Crippen molar-refractivity contribution in [3.8, 4) is 0 Å². The lowest BCUT2D eigenvalue weighted by Gasteiger charge is -2.43. The van der Waals surface area contributed by atoms with E-state index in [0.29, 0.717) is 12.5 Å². The highest BCUT2D eigenvalue weighted by Gasteiger charge is 2.35. The lowest BCUT2D eigenvalue weighted by atomic mass is 9.81. The van der Waals surface area contributed by atoms with E-state index >= 15 is 0 Å². The lowest BCUT2D eigenvalue weighted by molar-refractivity contribution is -0.0432. The van der Waals surface area contributed by atoms with Gasteiger partial charge in [-0.15, -0.1) is 0 Å². The Morgan fingerprint density at radius 2 is 2.35 bits per heavy atom. The van der Waals surface area contributed by atoms with Crippen LogP contribution >= 0.6 is 0 Å². The Labute approximate surface area is 104 Å². The molecule has 4 nitrogen and oxygen atoms in total. The highest BCUT2D eigenvalue weighted by atomic mass is 16.5. The predicted octanol–water partition coefficient (Wildman–Crippen LogP) is 0.445. The van der Waals surface area contributed by atoms with Crippen molar-refractivity contribution in [2.24, 2.45) is 17.1 Å². The summed E-state index contributed by atoms with van der Waals surface area (Å²) in [5.41, 5.74) is 6.07. The molecule has 0 spiro atoms. The molecule has 0 aromatic rings. The van der Waals surface area contributed by atoms with Crippen LogP contribution in [0.1, 0.15) is 26.2 Å². The maximum atomic E-state index is 9.93. The lowest BCUT2D eigenvalue weighted by Crippen LogP contribution is -2.52. The van der Waals surface area contributed by atoms with Gasteiger partial charge in [0.05, 0.1) is 12.7 Å². The van der Waals surface area contributed by atoms with E-state index < -0.39 is 0 Å². The van der Waals surface area contributed by atoms with Crippen LogP contribution in [-0.2, 0) is 4.74 Å². The molecule has 3 N–H and O–H groups in total. The highest BCUT2D eigenvalue weighted by molar-refractivity contribution is 4.88. The Bertz CT molecular complexity index is 242. The molecule has 2 heterocycles. The molecule has 2 saturated heterocycles. The SMILES string of the molecule is CC1CCN(CC2(CN)CCCOC2)CC1O. The van der Waals surface area contributed by atoms with Gasteiger partial charge in [0.1, 0.15) is 0 Å². The Morgan fingerprint density at radius 1 is 1.53 bits per heavy atom. The quantitative estimate of drug-likeness (QED) is 0.754. The molecule has 0 amide bonds. The number of piperidine rings is 1. The maximum absolute atomic E-state index is 9.93. The van der Waals surface area contributed by atoms with Crippen molar-refractivity contribution in [2.45, 2.75) is 32.3 Å². The average Bonchev–Trinajstić information content (AvgIpc) is 2.35. The van der Waals surface area contributed by atoms with E-state index in [4.69, 9.17) is 10.5 Å². The van der Waals surface area contributed by atoms with E-state index in [-0.39, 0.29) is 11.5 Å². The molecule has 2 fully saturated rings. The van der Waals surface area contributed by atoms with Crippen LogP contribution in [0.2, 0.25) is 0 Å². The van der Waals surface area contributed by atoms with Gasteiger partial charge in [0, 0.05) is 31.7 Å². The molecular weight excluding hydrogens is 216 g/mol. The number of β-amino-alcohol motifs (C(OH)–C–C–N with tert-alkyl or cyclic N) is 1. The molecule has 17 heavy (non-hydrogen) atoms. The number of nitrogens with two attached hydrogens (primary N) is 1. The molecule has 100 valence electrons. The molecule has 4 heteroatoms. The number of hydrogen-bond acceptors (Lipinski definition) is 4. The molecule has 2 aliphatic rings. The average molecular weight is 242 g/mol. The Kier molecular flexibility index (Phi) is 4.42. The molecule has 3 unspecified atom stereocenters. The number of ether oxygens (including phenoxy) is 1. The van der Waals surface area contributed by atoms with Gasteiger partial charge in [-0.2, -0.15) is 0 Å². The van der Waals surface area contributed by atoms with Gasteiger partial charge in [0.25, 0.3) is 0 Å². The fourth-order valence-electron chi connectivity index (χ4n) is 2.99. The fourth-order valence-corrected chi connectivity index (χ4v) is 2.99. The van der Waals surface area contributed by atoms with Crippen molar-refractivity contribution < 1.29 is 9.84 Å². The number of likely N-dealkylation sites (tertiary alicyclic amines) is 1. The molecule has 0 aromatic heterocycles. The zero-order chi connectivity index (χ0) is 12.3. The van der Waals surface area contributed by atoms with E-state index in [0.717, 1.165) is 52.1 Å². The summed E-state index contributed by atoms with van der Waals surface area (Å²) in [5.74, 6) is 0.433. The van der Waals surface area contributed by atoms with E-state index in [2.05, 4.69) is 11.8 Å². The first-order valence-corrected chi connectivity index (χ1v) is 6.83. The first kappa shape index (κ1) is 13.3. The summed E-state index contributed by atoms with van der Waals surface area (Å²) in [6.45, 7) is 7.34. The smallest absolute Gasteiger partial charge is 0.0693 e. The van der Waals surface area contributed by atoms with Gasteiger partial charge in [0.15, 0.2) is 0 Å². The molecular formula is C13H26N2O2. The Balaban J connectivity index is 1.90. The number of aliphatic hydroxyl groups is 1. The van der Waals surface area contributed by atoms with Gasteiger partial charge in [-0.3, -0.25) is 0 Å². The summed E-state index contributed by atoms with van der Waals surface area (Å²) in [7, 11) is 0. The van der Waals surface area contributed by atoms with Crippen molar-refractivity contribution in [3.05, 3.63) is 0 Å². The van der Waals surface area contributed by atoms with Crippen molar-refractivity contribution in [1.82, 2.24) is 4.90 Å². The standard InChI is InChI=1S/C13H26N2O2/c1-11-3-5-15(7-12(11)16)9-13(8-14)4-2-6-17-10-13/h11-12,16H,2-10,14H2,1H3. The molecule has 0 aliphatic carbocycles. The van der Waals surface area contributed by atoms with Crippen LogP contribution in [0.15, 0.2) is 0 Å². The third kappa shape index (κ3) is 3.19. The van der Waals surface area contributed by atoms with Crippen LogP contribution in [-0.4, -0.2) is 55.5 Å². The minimum absolute atomic E-state index is 0.124. The first-order valence-electron chi connectivity index (χ1n) is 6.83. The van der Waals surface area contributed by atoms with Crippen molar-refractivity contribution in [3.63, 3.8) is 0 Å². The topological polar surface area (TPSA) is 58.7 Å². The summed E-state index contributed by atoms with van der Waals surface area (Å²) in [6.07, 6.45) is 3.18. The summed E-state index contributed by atoms with van der Waals surface area (Å²) in [6, 6.07) is 0. The monoisotopic (exact) mass is 242 g/mol. The van der Waals surface area contributed by atoms with Crippen LogP contribution in [0.5, 0.6) is 0 Å². The van der Waals surface area contributed by atoms with Crippen molar-refractivity contribution in [1.29, 1.82) is 0 Å². The zero-order valence-corrected chi connectivity index (χ0v) is 10.9. The van der Waals surface area contributed by atoms with Gasteiger partial charge < -0.3 is 20.5 Å². The molecule has 2 rings (SSSR count). The van der Waals surface area contributed by atoms with Crippen molar-refractivity contribution in [2.75, 3.05) is 39.4 Å². The summed E-state index contributed by atoms with van der Waals surface area (Å²) < 4.78 is 5.60. The number of rotatable bonds is 3. The highest BCUT2D eigenvalue weighted by Crippen LogP contribution is 2.30. The molecule has 2 aliphatic heterocycles. The minimum Gasteiger partial charge on any atom is -0.392 e. The fraction of sp³-hybridized carbons (Fsp3) is 1.00. The van der Waals surface area contributed by atoms with Crippen LogP contribution < -0.4 is 5.73 Å². The summed E-state index contributed by atoms with van der Waals surface area (Å²) in [4.78, 5) is 2.37. The summed E-state index contributed by atoms with van der Waals surface area (Å²) >= 11 is 0. The van der Waals surface area contributed by atoms with Gasteiger partial charge in [-0.1, -0.05) is 6.92 Å². The van der Waals surface area contributed by atoms with E-state index in [1.165, 1.54) is 0 Å². The zero-order valence-electron chi connectivity index (χ0n) is 10.9. The van der Waals surface area contributed by atoms with Crippen molar-refractivity contribution >= 4 is 0 Å². The van der Waals surface area contributed by atoms with Gasteiger partial charge in [-0.25, -0.2) is 0 Å². The third-order valence-corrected chi connectivity index (χ3v) is 4.40. The second kappa shape index (κ2) is 5.65. The number of hydrogen-bond donors (Lipinski definition) is 2. The van der Waals surface area contributed by atoms with Gasteiger partial charge in [0.2, 0.25) is 0 Å². The van der Waals surface area contributed by atoms with E-state index in [9.17, 15) is 5.11 Å². The normalized spacial score (nSPS) is 40.4. The Hall–Kier alpha value is -0.160. The van der Waals surface area contributed by atoms with Crippen LogP contribution in [0.25, 0.3) is 0 Å². The van der Waals surface area contributed by atoms with Gasteiger partial charge in [-0.05, 0) is 31.7 Å². The number of aliphatic hydroxyl groups excluding tert-OH is 1. The predicted molar refractivity (Wildman–Crippen MR) is 67.8 cm³/mol. The number of nitrogens with zero attached hydrogens (tertiary/aromatic N) is 1. The first-order chi connectivity index (χ1) is 8.15. The Morgan fingerprint density at radius 3 is 2.94 bits per heavy atom. The second-order valence-electron chi connectivity index (χ2n) is 5.93. The van der Waals surface area contributed by atoms with Crippen LogP contribution in [0.4, 0.5) is 0 Å². The minimum atomic E-state index is -0.178. The molecule has 0 radical (unpaired) electrons. The molecule has 0 bridgehead atoms. The van der Waals surface area contributed by atoms with Crippen LogP contribution in [0.3, 0.4) is 0 Å². The largest absolute Gasteiger partial charge is 0.392 e.